The van der Waals surface area contributed by atoms with Gasteiger partial charge in [-0.05, 0) is 51.5 Å². The highest BCUT2D eigenvalue weighted by Crippen LogP contribution is 2.39. The van der Waals surface area contributed by atoms with E-state index in [1.807, 2.05) is 11.3 Å². The monoisotopic (exact) mass is 294 g/mol. The molecular weight excluding hydrogens is 264 g/mol. The molecule has 2 rings (SSSR count). The van der Waals surface area contributed by atoms with Crippen LogP contribution in [0.4, 0.5) is 0 Å². The quantitative estimate of drug-likeness (QED) is 0.714. The van der Waals surface area contributed by atoms with Crippen LogP contribution in [0.25, 0.3) is 0 Å². The molecule has 20 heavy (non-hydrogen) atoms. The highest BCUT2D eigenvalue weighted by atomic mass is 32.1. The summed E-state index contributed by atoms with van der Waals surface area (Å²) in [5.74, 6) is 1.73. The maximum absolute atomic E-state index is 4.86. The first kappa shape index (κ1) is 16.0. The molecular formula is C17H30N2S. The van der Waals surface area contributed by atoms with Crippen molar-refractivity contribution in [1.82, 2.24) is 10.3 Å². The molecule has 0 saturated heterocycles. The number of nitrogens with one attached hydrogen (secondary N) is 1. The summed E-state index contributed by atoms with van der Waals surface area (Å²) in [5, 5.41) is 4.91. The molecule has 0 aromatic carbocycles. The Bertz CT molecular complexity index is 392. The van der Waals surface area contributed by atoms with Gasteiger partial charge in [0.2, 0.25) is 0 Å². The molecule has 0 atom stereocenters. The summed E-state index contributed by atoms with van der Waals surface area (Å²) < 4.78 is 0. The fraction of sp³-hybridized carbons (Fsp3) is 0.824. The van der Waals surface area contributed by atoms with Gasteiger partial charge in [-0.15, -0.1) is 11.3 Å². The van der Waals surface area contributed by atoms with Crippen molar-refractivity contribution in [2.75, 3.05) is 6.54 Å². The number of hydrogen-bond donors (Lipinski definition) is 1. The van der Waals surface area contributed by atoms with E-state index in [9.17, 15) is 0 Å². The van der Waals surface area contributed by atoms with Crippen molar-refractivity contribution in [3.05, 3.63) is 15.6 Å². The van der Waals surface area contributed by atoms with Crippen LogP contribution in [-0.2, 0) is 6.54 Å². The van der Waals surface area contributed by atoms with Crippen LogP contribution in [0.3, 0.4) is 0 Å². The van der Waals surface area contributed by atoms with E-state index in [1.165, 1.54) is 60.5 Å². The van der Waals surface area contributed by atoms with Gasteiger partial charge in [0.15, 0.2) is 0 Å². The molecule has 3 heteroatoms. The van der Waals surface area contributed by atoms with Crippen LogP contribution in [-0.4, -0.2) is 11.5 Å². The Morgan fingerprint density at radius 2 is 1.90 bits per heavy atom. The lowest BCUT2D eigenvalue weighted by atomic mass is 9.80. The Hall–Kier alpha value is -0.410. The van der Waals surface area contributed by atoms with Gasteiger partial charge in [-0.25, -0.2) is 4.98 Å². The number of hydrogen-bond acceptors (Lipinski definition) is 3. The van der Waals surface area contributed by atoms with E-state index in [0.29, 0.717) is 0 Å². The Balaban J connectivity index is 1.88. The van der Waals surface area contributed by atoms with Crippen molar-refractivity contribution in [3.63, 3.8) is 0 Å². The summed E-state index contributed by atoms with van der Waals surface area (Å²) in [4.78, 5) is 6.31. The fourth-order valence-electron chi connectivity index (χ4n) is 3.27. The number of aryl methyl sites for hydroxylation is 1. The lowest BCUT2D eigenvalue weighted by Crippen LogP contribution is -2.13. The molecule has 1 saturated carbocycles. The van der Waals surface area contributed by atoms with Crippen LogP contribution >= 0.6 is 11.3 Å². The minimum Gasteiger partial charge on any atom is -0.312 e. The van der Waals surface area contributed by atoms with Crippen molar-refractivity contribution in [2.45, 2.75) is 78.2 Å². The first-order valence-corrected chi connectivity index (χ1v) is 9.23. The molecule has 1 aliphatic rings. The van der Waals surface area contributed by atoms with Gasteiger partial charge in [0.25, 0.3) is 0 Å². The van der Waals surface area contributed by atoms with Gasteiger partial charge in [0, 0.05) is 17.3 Å². The number of aromatic nitrogens is 1. The van der Waals surface area contributed by atoms with Crippen LogP contribution in [0, 0.1) is 12.8 Å². The van der Waals surface area contributed by atoms with Crippen molar-refractivity contribution in [3.8, 4) is 0 Å². The van der Waals surface area contributed by atoms with E-state index in [-0.39, 0.29) is 0 Å². The van der Waals surface area contributed by atoms with E-state index in [2.05, 4.69) is 26.1 Å². The van der Waals surface area contributed by atoms with Crippen LogP contribution in [0.5, 0.6) is 0 Å². The van der Waals surface area contributed by atoms with Crippen molar-refractivity contribution in [1.29, 1.82) is 0 Å². The molecule has 1 N–H and O–H groups in total. The maximum atomic E-state index is 4.86. The van der Waals surface area contributed by atoms with Gasteiger partial charge in [0.1, 0.15) is 0 Å². The third-order valence-corrected chi connectivity index (χ3v) is 5.83. The summed E-state index contributed by atoms with van der Waals surface area (Å²) in [6.07, 6.45) is 9.53. The third kappa shape index (κ3) is 4.29. The lowest BCUT2D eigenvalue weighted by molar-refractivity contribution is 0.308. The van der Waals surface area contributed by atoms with E-state index >= 15 is 0 Å². The molecule has 0 aliphatic heterocycles. The van der Waals surface area contributed by atoms with Gasteiger partial charge in [-0.3, -0.25) is 0 Å². The Morgan fingerprint density at radius 3 is 2.55 bits per heavy atom. The van der Waals surface area contributed by atoms with Crippen LogP contribution < -0.4 is 5.32 Å². The van der Waals surface area contributed by atoms with E-state index in [1.54, 1.807) is 0 Å². The fourth-order valence-corrected chi connectivity index (χ4v) is 4.48. The maximum Gasteiger partial charge on any atom is 0.0962 e. The van der Waals surface area contributed by atoms with E-state index in [4.69, 9.17) is 4.98 Å². The minimum absolute atomic E-state index is 0.742. The Labute approximate surface area is 128 Å². The standard InChI is InChI=1S/C17H30N2S/c1-4-6-14-7-9-15(10-8-14)17-19-13(3)16(20-17)12-18-11-5-2/h14-15,18H,4-12H2,1-3H3. The first-order chi connectivity index (χ1) is 9.74. The molecule has 0 unspecified atom stereocenters. The zero-order chi connectivity index (χ0) is 14.4. The summed E-state index contributed by atoms with van der Waals surface area (Å²) in [6.45, 7) is 8.81. The summed E-state index contributed by atoms with van der Waals surface area (Å²) in [5.41, 5.74) is 1.25. The summed E-state index contributed by atoms with van der Waals surface area (Å²) in [6, 6.07) is 0. The average Bonchev–Trinajstić information content (AvgIpc) is 2.82. The number of nitrogens with zero attached hydrogens (tertiary/aromatic N) is 1. The van der Waals surface area contributed by atoms with Crippen molar-refractivity contribution < 1.29 is 0 Å². The molecule has 1 aromatic rings. The number of rotatable bonds is 7. The summed E-state index contributed by atoms with van der Waals surface area (Å²) in [7, 11) is 0. The largest absolute Gasteiger partial charge is 0.312 e. The SMILES string of the molecule is CCCNCc1sc(C2CCC(CCC)CC2)nc1C. The Morgan fingerprint density at radius 1 is 1.15 bits per heavy atom. The predicted molar refractivity (Wildman–Crippen MR) is 88.5 cm³/mol. The second-order valence-corrected chi connectivity index (χ2v) is 7.36. The smallest absolute Gasteiger partial charge is 0.0962 e. The highest BCUT2D eigenvalue weighted by molar-refractivity contribution is 7.11. The van der Waals surface area contributed by atoms with Gasteiger partial charge in [-0.1, -0.05) is 26.7 Å². The number of thiazole rings is 1. The zero-order valence-electron chi connectivity index (χ0n) is 13.4. The lowest BCUT2D eigenvalue weighted by Gasteiger charge is -2.26. The van der Waals surface area contributed by atoms with Gasteiger partial charge < -0.3 is 5.32 Å². The zero-order valence-corrected chi connectivity index (χ0v) is 14.2. The normalized spacial score (nSPS) is 23.1. The van der Waals surface area contributed by atoms with Crippen LogP contribution in [0.2, 0.25) is 0 Å². The molecule has 1 fully saturated rings. The molecule has 0 radical (unpaired) electrons. The summed E-state index contributed by atoms with van der Waals surface area (Å²) >= 11 is 1.96. The molecule has 114 valence electrons. The molecule has 0 amide bonds. The Kier molecular flexibility index (Phi) is 6.50. The topological polar surface area (TPSA) is 24.9 Å². The van der Waals surface area contributed by atoms with Crippen LogP contribution in [0.1, 0.15) is 80.3 Å². The second kappa shape index (κ2) is 8.14. The van der Waals surface area contributed by atoms with Gasteiger partial charge in [-0.2, -0.15) is 0 Å². The molecule has 0 bridgehead atoms. The molecule has 1 aromatic heterocycles. The highest BCUT2D eigenvalue weighted by Gasteiger charge is 2.24. The predicted octanol–water partition coefficient (Wildman–Crippen LogP) is 5.03. The van der Waals surface area contributed by atoms with Crippen molar-refractivity contribution in [2.24, 2.45) is 5.92 Å². The minimum atomic E-state index is 0.742. The van der Waals surface area contributed by atoms with Crippen molar-refractivity contribution >= 4 is 11.3 Å². The van der Waals surface area contributed by atoms with E-state index < -0.39 is 0 Å². The van der Waals surface area contributed by atoms with Gasteiger partial charge >= 0.3 is 0 Å². The molecule has 2 nitrogen and oxygen atoms in total. The average molecular weight is 295 g/mol. The molecule has 0 spiro atoms. The van der Waals surface area contributed by atoms with Crippen LogP contribution in [0.15, 0.2) is 0 Å². The van der Waals surface area contributed by atoms with Gasteiger partial charge in [0.05, 0.1) is 10.7 Å². The second-order valence-electron chi connectivity index (χ2n) is 6.24. The third-order valence-electron chi connectivity index (χ3n) is 4.51. The van der Waals surface area contributed by atoms with E-state index in [0.717, 1.165) is 24.9 Å². The first-order valence-electron chi connectivity index (χ1n) is 8.41. The molecule has 1 heterocycles. The molecule has 1 aliphatic carbocycles.